The van der Waals surface area contributed by atoms with Crippen molar-refractivity contribution in [2.24, 2.45) is 0 Å². The highest BCUT2D eigenvalue weighted by Crippen LogP contribution is 2.26. The molecule has 0 fully saturated rings. The SMILES string of the molecule is CCCCCCCOC(=O)CCCCCC(=O)Oc1ccccc1[N+](=O)[O-]. The zero-order valence-electron chi connectivity index (χ0n) is 16.0. The highest BCUT2D eigenvalue weighted by molar-refractivity contribution is 5.73. The Labute approximate surface area is 160 Å². The summed E-state index contributed by atoms with van der Waals surface area (Å²) in [6.07, 6.45) is 7.97. The minimum absolute atomic E-state index is 0.0463. The number of nitro benzene ring substituents is 1. The number of carbonyl (C=O) groups excluding carboxylic acids is 2. The van der Waals surface area contributed by atoms with E-state index in [2.05, 4.69) is 6.92 Å². The van der Waals surface area contributed by atoms with E-state index in [1.807, 2.05) is 0 Å². The van der Waals surface area contributed by atoms with Gasteiger partial charge in [0.15, 0.2) is 0 Å². The maximum absolute atomic E-state index is 11.8. The number of para-hydroxylation sites is 2. The van der Waals surface area contributed by atoms with Crippen molar-refractivity contribution in [2.75, 3.05) is 6.61 Å². The Morgan fingerprint density at radius 1 is 0.926 bits per heavy atom. The molecule has 0 saturated heterocycles. The van der Waals surface area contributed by atoms with Crippen molar-refractivity contribution in [3.05, 3.63) is 34.4 Å². The number of carbonyl (C=O) groups is 2. The van der Waals surface area contributed by atoms with Crippen LogP contribution in [0, 0.1) is 10.1 Å². The number of nitro groups is 1. The van der Waals surface area contributed by atoms with Crippen LogP contribution in [-0.2, 0) is 14.3 Å². The first-order valence-corrected chi connectivity index (χ1v) is 9.64. The van der Waals surface area contributed by atoms with Gasteiger partial charge in [-0.2, -0.15) is 0 Å². The predicted molar refractivity (Wildman–Crippen MR) is 102 cm³/mol. The van der Waals surface area contributed by atoms with E-state index >= 15 is 0 Å². The fourth-order valence-corrected chi connectivity index (χ4v) is 2.55. The molecule has 0 aromatic heterocycles. The maximum atomic E-state index is 11.8. The number of rotatable bonds is 14. The third kappa shape index (κ3) is 10.3. The van der Waals surface area contributed by atoms with Gasteiger partial charge in [0.05, 0.1) is 11.5 Å². The van der Waals surface area contributed by atoms with E-state index in [4.69, 9.17) is 9.47 Å². The van der Waals surface area contributed by atoms with Gasteiger partial charge in [-0.05, 0) is 25.3 Å². The lowest BCUT2D eigenvalue weighted by Gasteiger charge is -2.06. The van der Waals surface area contributed by atoms with Gasteiger partial charge in [-0.15, -0.1) is 0 Å². The number of unbranched alkanes of at least 4 members (excludes halogenated alkanes) is 6. The quantitative estimate of drug-likeness (QED) is 0.149. The summed E-state index contributed by atoms with van der Waals surface area (Å²) in [6, 6.07) is 5.77. The number of esters is 2. The van der Waals surface area contributed by atoms with E-state index in [9.17, 15) is 19.7 Å². The Balaban J connectivity index is 2.10. The highest BCUT2D eigenvalue weighted by atomic mass is 16.6. The number of hydrogen-bond acceptors (Lipinski definition) is 6. The minimum atomic E-state index is -0.585. The van der Waals surface area contributed by atoms with Crippen LogP contribution in [0.5, 0.6) is 5.75 Å². The van der Waals surface area contributed by atoms with Crippen molar-refractivity contribution in [3.8, 4) is 5.75 Å². The molecule has 0 heterocycles. The molecule has 0 bridgehead atoms. The average molecular weight is 379 g/mol. The van der Waals surface area contributed by atoms with Crippen molar-refractivity contribution in [1.82, 2.24) is 0 Å². The molecule has 150 valence electrons. The predicted octanol–water partition coefficient (Wildman–Crippen LogP) is 4.96. The lowest BCUT2D eigenvalue weighted by molar-refractivity contribution is -0.385. The van der Waals surface area contributed by atoms with E-state index in [1.165, 1.54) is 37.5 Å². The molecule has 0 N–H and O–H groups in total. The van der Waals surface area contributed by atoms with E-state index in [1.54, 1.807) is 6.07 Å². The molecule has 27 heavy (non-hydrogen) atoms. The largest absolute Gasteiger partial charge is 0.466 e. The molecule has 0 aliphatic carbocycles. The van der Waals surface area contributed by atoms with E-state index in [0.717, 1.165) is 12.8 Å². The summed E-state index contributed by atoms with van der Waals surface area (Å²) < 4.78 is 10.2. The van der Waals surface area contributed by atoms with Gasteiger partial charge >= 0.3 is 17.6 Å². The van der Waals surface area contributed by atoms with E-state index < -0.39 is 10.9 Å². The summed E-state index contributed by atoms with van der Waals surface area (Å²) in [5.41, 5.74) is -0.233. The van der Waals surface area contributed by atoms with Crippen LogP contribution >= 0.6 is 0 Å². The van der Waals surface area contributed by atoms with Crippen LogP contribution in [0.15, 0.2) is 24.3 Å². The van der Waals surface area contributed by atoms with Crippen molar-refractivity contribution in [1.29, 1.82) is 0 Å². The Hall–Kier alpha value is -2.44. The summed E-state index contributed by atoms with van der Waals surface area (Å²) in [6.45, 7) is 2.63. The Kier molecular flexibility index (Phi) is 11.5. The van der Waals surface area contributed by atoms with Crippen LogP contribution in [0.3, 0.4) is 0 Å². The number of benzene rings is 1. The summed E-state index contributed by atoms with van der Waals surface area (Å²) in [7, 11) is 0. The van der Waals surface area contributed by atoms with Gasteiger partial charge in [0, 0.05) is 18.9 Å². The standard InChI is InChI=1S/C20H29NO6/c1-2-3-4-5-11-16-26-19(22)14-7-6-8-15-20(23)27-18-13-10-9-12-17(18)21(24)25/h9-10,12-13H,2-8,11,14-16H2,1H3. The maximum Gasteiger partial charge on any atom is 0.311 e. The lowest BCUT2D eigenvalue weighted by Crippen LogP contribution is -2.09. The molecular weight excluding hydrogens is 350 g/mol. The zero-order valence-corrected chi connectivity index (χ0v) is 16.0. The normalized spacial score (nSPS) is 10.4. The van der Waals surface area contributed by atoms with E-state index in [-0.39, 0.29) is 23.8 Å². The molecule has 1 aromatic rings. The fourth-order valence-electron chi connectivity index (χ4n) is 2.55. The second-order valence-corrected chi connectivity index (χ2v) is 6.39. The molecule has 0 aliphatic rings. The van der Waals surface area contributed by atoms with Gasteiger partial charge in [-0.3, -0.25) is 19.7 Å². The summed E-state index contributed by atoms with van der Waals surface area (Å²) in [5.74, 6) is -0.762. The van der Waals surface area contributed by atoms with Crippen molar-refractivity contribution < 1.29 is 24.0 Å². The number of nitrogens with zero attached hydrogens (tertiary/aromatic N) is 1. The van der Waals surface area contributed by atoms with Gasteiger partial charge in [-0.25, -0.2) is 0 Å². The molecule has 0 amide bonds. The van der Waals surface area contributed by atoms with Crippen LogP contribution in [-0.4, -0.2) is 23.5 Å². The Bertz CT molecular complexity index is 602. The van der Waals surface area contributed by atoms with Gasteiger partial charge in [0.2, 0.25) is 5.75 Å². The molecule has 0 radical (unpaired) electrons. The molecule has 7 nitrogen and oxygen atoms in total. The minimum Gasteiger partial charge on any atom is -0.466 e. The van der Waals surface area contributed by atoms with E-state index in [0.29, 0.717) is 32.3 Å². The molecule has 0 aliphatic heterocycles. The second kappa shape index (κ2) is 13.7. The lowest BCUT2D eigenvalue weighted by atomic mass is 10.1. The first kappa shape index (κ1) is 22.6. The van der Waals surface area contributed by atoms with Crippen LogP contribution < -0.4 is 4.74 Å². The third-order valence-electron chi connectivity index (χ3n) is 4.06. The molecule has 1 rings (SSSR count). The van der Waals surface area contributed by atoms with Crippen LogP contribution in [0.1, 0.15) is 71.1 Å². The van der Waals surface area contributed by atoms with Crippen molar-refractivity contribution in [2.45, 2.75) is 71.1 Å². The van der Waals surface area contributed by atoms with Gasteiger partial charge < -0.3 is 9.47 Å². The van der Waals surface area contributed by atoms with Gasteiger partial charge in [0.25, 0.3) is 0 Å². The fraction of sp³-hybridized carbons (Fsp3) is 0.600. The smallest absolute Gasteiger partial charge is 0.311 e. The monoisotopic (exact) mass is 379 g/mol. The number of hydrogen-bond donors (Lipinski definition) is 0. The highest BCUT2D eigenvalue weighted by Gasteiger charge is 2.16. The first-order valence-electron chi connectivity index (χ1n) is 9.64. The second-order valence-electron chi connectivity index (χ2n) is 6.39. The van der Waals surface area contributed by atoms with Gasteiger partial charge in [0.1, 0.15) is 0 Å². The average Bonchev–Trinajstić information content (AvgIpc) is 2.64. The van der Waals surface area contributed by atoms with Crippen molar-refractivity contribution in [3.63, 3.8) is 0 Å². The van der Waals surface area contributed by atoms with Gasteiger partial charge in [-0.1, -0.05) is 51.2 Å². The third-order valence-corrected chi connectivity index (χ3v) is 4.06. The molecule has 7 heteroatoms. The molecule has 0 saturated carbocycles. The van der Waals surface area contributed by atoms with Crippen molar-refractivity contribution >= 4 is 17.6 Å². The molecule has 0 spiro atoms. The van der Waals surface area contributed by atoms with Crippen LogP contribution in [0.2, 0.25) is 0 Å². The number of ether oxygens (including phenoxy) is 2. The first-order chi connectivity index (χ1) is 13.0. The Morgan fingerprint density at radius 2 is 1.56 bits per heavy atom. The zero-order chi connectivity index (χ0) is 19.9. The summed E-state index contributed by atoms with van der Waals surface area (Å²) in [4.78, 5) is 33.7. The summed E-state index contributed by atoms with van der Waals surface area (Å²) in [5, 5.41) is 10.9. The topological polar surface area (TPSA) is 95.7 Å². The molecule has 0 atom stereocenters. The Morgan fingerprint density at radius 3 is 2.26 bits per heavy atom. The van der Waals surface area contributed by atoms with Crippen LogP contribution in [0.4, 0.5) is 5.69 Å². The summed E-state index contributed by atoms with van der Waals surface area (Å²) >= 11 is 0. The molecule has 1 aromatic carbocycles. The molecule has 0 unspecified atom stereocenters. The molecular formula is C20H29NO6. The van der Waals surface area contributed by atoms with Crippen LogP contribution in [0.25, 0.3) is 0 Å².